The molecule has 1 spiro atoms. The molecular weight excluding hydrogens is 498 g/mol. The molecule has 4 rings (SSSR count). The highest BCUT2D eigenvalue weighted by molar-refractivity contribution is 6.02. The summed E-state index contributed by atoms with van der Waals surface area (Å²) in [5.41, 5.74) is -1.88. The van der Waals surface area contributed by atoms with E-state index in [1.54, 1.807) is 29.2 Å². The predicted molar refractivity (Wildman–Crippen MR) is 148 cm³/mol. The number of rotatable bonds is 10. The molecule has 0 saturated carbocycles. The molecule has 3 heterocycles. The molecule has 3 aliphatic rings. The Morgan fingerprint density at radius 2 is 1.79 bits per heavy atom. The van der Waals surface area contributed by atoms with Crippen molar-refractivity contribution in [3.8, 4) is 5.75 Å². The second-order valence-electron chi connectivity index (χ2n) is 13.4. The van der Waals surface area contributed by atoms with Gasteiger partial charge in [0.25, 0.3) is 0 Å². The first-order chi connectivity index (χ1) is 18.2. The first-order valence-corrected chi connectivity index (χ1v) is 14.1. The van der Waals surface area contributed by atoms with Crippen LogP contribution in [0.5, 0.6) is 5.75 Å². The van der Waals surface area contributed by atoms with E-state index >= 15 is 0 Å². The number of carbonyl (C=O) groups is 3. The third kappa shape index (κ3) is 5.53. The summed E-state index contributed by atoms with van der Waals surface area (Å²) in [6, 6.07) is 6.25. The number of hydrogen-bond acceptors (Lipinski definition) is 6. The minimum Gasteiger partial charge on any atom is -0.494 e. The Labute approximate surface area is 232 Å². The molecule has 9 heteroatoms. The molecule has 216 valence electrons. The molecule has 1 aromatic rings. The van der Waals surface area contributed by atoms with Gasteiger partial charge in [0.1, 0.15) is 17.4 Å². The minimum atomic E-state index is -1.09. The molecule has 0 aliphatic carbocycles. The molecule has 1 aromatic carbocycles. The van der Waals surface area contributed by atoms with E-state index in [9.17, 15) is 19.5 Å². The van der Waals surface area contributed by atoms with Gasteiger partial charge >= 0.3 is 0 Å². The molecule has 2 unspecified atom stereocenters. The Kier molecular flexibility index (Phi) is 7.82. The van der Waals surface area contributed by atoms with Crippen LogP contribution in [0, 0.1) is 17.3 Å². The maximum atomic E-state index is 14.0. The highest BCUT2D eigenvalue weighted by Crippen LogP contribution is 2.63. The Morgan fingerprint density at radius 1 is 1.13 bits per heavy atom. The summed E-state index contributed by atoms with van der Waals surface area (Å²) in [7, 11) is 0. The van der Waals surface area contributed by atoms with Crippen LogP contribution in [-0.2, 0) is 19.1 Å². The SMILES string of the molecule is CCOc1ccc(NC(=O)[C@H]2[C@H]3C(=O)N(CCCO)C(C(=O)NC(C)(C)CC(C)(C)C)C34CC[C@]2(C)O4)cc1. The third-order valence-corrected chi connectivity index (χ3v) is 8.23. The highest BCUT2D eigenvalue weighted by Gasteiger charge is 2.77. The quantitative estimate of drug-likeness (QED) is 0.416. The van der Waals surface area contributed by atoms with Gasteiger partial charge in [0.2, 0.25) is 17.7 Å². The minimum absolute atomic E-state index is 0.0144. The van der Waals surface area contributed by atoms with Crippen molar-refractivity contribution in [1.82, 2.24) is 10.2 Å². The lowest BCUT2D eigenvalue weighted by molar-refractivity contribution is -0.146. The second kappa shape index (κ2) is 10.4. The van der Waals surface area contributed by atoms with Gasteiger partial charge in [0, 0.05) is 24.4 Å². The molecule has 0 radical (unpaired) electrons. The zero-order chi connectivity index (χ0) is 28.8. The van der Waals surface area contributed by atoms with E-state index in [1.807, 2.05) is 27.7 Å². The molecule has 9 nitrogen and oxygen atoms in total. The van der Waals surface area contributed by atoms with Gasteiger partial charge in [-0.1, -0.05) is 20.8 Å². The normalized spacial score (nSPS) is 29.9. The summed E-state index contributed by atoms with van der Waals surface area (Å²) in [5.74, 6) is -1.64. The summed E-state index contributed by atoms with van der Waals surface area (Å²) in [4.78, 5) is 43.3. The van der Waals surface area contributed by atoms with Crippen molar-refractivity contribution in [2.75, 3.05) is 25.1 Å². The summed E-state index contributed by atoms with van der Waals surface area (Å²) in [6.07, 6.45) is 2.16. The number of hydrogen-bond donors (Lipinski definition) is 3. The maximum absolute atomic E-state index is 14.0. The monoisotopic (exact) mass is 543 g/mol. The van der Waals surface area contributed by atoms with Gasteiger partial charge in [0.15, 0.2) is 0 Å². The van der Waals surface area contributed by atoms with E-state index in [-0.39, 0.29) is 36.3 Å². The van der Waals surface area contributed by atoms with Crippen LogP contribution in [0.2, 0.25) is 0 Å². The molecule has 3 N–H and O–H groups in total. The van der Waals surface area contributed by atoms with Crippen LogP contribution in [-0.4, -0.2) is 70.3 Å². The molecule has 3 saturated heterocycles. The number of likely N-dealkylation sites (tertiary alicyclic amines) is 1. The number of amides is 3. The number of nitrogens with one attached hydrogen (secondary N) is 2. The van der Waals surface area contributed by atoms with Crippen LogP contribution in [0.4, 0.5) is 5.69 Å². The maximum Gasteiger partial charge on any atom is 0.246 e. The number of carbonyl (C=O) groups excluding carboxylic acids is 3. The van der Waals surface area contributed by atoms with Crippen LogP contribution in [0.25, 0.3) is 0 Å². The van der Waals surface area contributed by atoms with Gasteiger partial charge in [-0.25, -0.2) is 0 Å². The Morgan fingerprint density at radius 3 is 2.38 bits per heavy atom. The van der Waals surface area contributed by atoms with Crippen LogP contribution in [0.15, 0.2) is 24.3 Å². The molecule has 3 fully saturated rings. The van der Waals surface area contributed by atoms with Crippen molar-refractivity contribution < 1.29 is 29.0 Å². The molecule has 5 atom stereocenters. The van der Waals surface area contributed by atoms with Gasteiger partial charge in [-0.2, -0.15) is 0 Å². The zero-order valence-corrected chi connectivity index (χ0v) is 24.4. The van der Waals surface area contributed by atoms with Crippen LogP contribution in [0.1, 0.15) is 74.1 Å². The summed E-state index contributed by atoms with van der Waals surface area (Å²) in [6.45, 7) is 14.8. The molecule has 3 aliphatic heterocycles. The summed E-state index contributed by atoms with van der Waals surface area (Å²) >= 11 is 0. The number of benzene rings is 1. The molecule has 3 amide bonds. The lowest BCUT2D eigenvalue weighted by Gasteiger charge is -2.38. The fourth-order valence-electron chi connectivity index (χ4n) is 7.40. The smallest absolute Gasteiger partial charge is 0.246 e. The number of nitrogens with zero attached hydrogens (tertiary/aromatic N) is 1. The topological polar surface area (TPSA) is 117 Å². The molecular formula is C30H45N3O6. The Balaban J connectivity index is 1.64. The van der Waals surface area contributed by atoms with Crippen LogP contribution in [0.3, 0.4) is 0 Å². The number of anilines is 1. The largest absolute Gasteiger partial charge is 0.494 e. The zero-order valence-electron chi connectivity index (χ0n) is 24.4. The van der Waals surface area contributed by atoms with Gasteiger partial charge in [-0.15, -0.1) is 0 Å². The Hall–Kier alpha value is -2.65. The van der Waals surface area contributed by atoms with E-state index in [2.05, 4.69) is 31.4 Å². The third-order valence-electron chi connectivity index (χ3n) is 8.23. The first kappa shape index (κ1) is 29.3. The van der Waals surface area contributed by atoms with Gasteiger partial charge in [0.05, 0.1) is 24.0 Å². The first-order valence-electron chi connectivity index (χ1n) is 14.1. The second-order valence-corrected chi connectivity index (χ2v) is 13.4. The summed E-state index contributed by atoms with van der Waals surface area (Å²) in [5, 5.41) is 15.7. The van der Waals surface area contributed by atoms with Gasteiger partial charge < -0.3 is 30.1 Å². The van der Waals surface area contributed by atoms with Crippen molar-refractivity contribution in [1.29, 1.82) is 0 Å². The van der Waals surface area contributed by atoms with E-state index in [4.69, 9.17) is 9.47 Å². The summed E-state index contributed by atoms with van der Waals surface area (Å²) < 4.78 is 12.1. The van der Waals surface area contributed by atoms with Crippen molar-refractivity contribution in [2.24, 2.45) is 17.3 Å². The number of aliphatic hydroxyl groups is 1. The molecule has 39 heavy (non-hydrogen) atoms. The number of fused-ring (bicyclic) bond motifs is 1. The number of aliphatic hydroxyl groups excluding tert-OH is 1. The number of ether oxygens (including phenoxy) is 2. The molecule has 0 aromatic heterocycles. The standard InChI is InChI=1S/C30H45N3O6/c1-8-38-20-12-10-19(11-13-20)31-24(35)21-22-26(37)33(16-9-17-34)23(30(22)15-14-29(21,7)39-30)25(36)32-28(5,6)18-27(2,3)4/h10-13,21-23,34H,8-9,14-18H2,1-7H3,(H,31,35)(H,32,36)/t21-,22+,23?,29+,30?/m1/s1. The van der Waals surface area contributed by atoms with Gasteiger partial charge in [-0.05, 0) is 83.1 Å². The van der Waals surface area contributed by atoms with Crippen molar-refractivity contribution in [3.63, 3.8) is 0 Å². The molecule has 2 bridgehead atoms. The van der Waals surface area contributed by atoms with E-state index in [0.717, 1.165) is 6.42 Å². The van der Waals surface area contributed by atoms with Gasteiger partial charge in [-0.3, -0.25) is 14.4 Å². The van der Waals surface area contributed by atoms with Crippen molar-refractivity contribution >= 4 is 23.4 Å². The lowest BCUT2D eigenvalue weighted by Crippen LogP contribution is -2.59. The highest BCUT2D eigenvalue weighted by atomic mass is 16.5. The predicted octanol–water partition coefficient (Wildman–Crippen LogP) is 3.50. The van der Waals surface area contributed by atoms with Crippen LogP contribution >= 0.6 is 0 Å². The average Bonchev–Trinajstić information content (AvgIpc) is 3.37. The fourth-order valence-corrected chi connectivity index (χ4v) is 7.40. The lowest BCUT2D eigenvalue weighted by atomic mass is 9.66. The van der Waals surface area contributed by atoms with Crippen LogP contribution < -0.4 is 15.4 Å². The van der Waals surface area contributed by atoms with Crippen molar-refractivity contribution in [2.45, 2.75) is 96.9 Å². The average molecular weight is 544 g/mol. The van der Waals surface area contributed by atoms with E-state index < -0.39 is 34.6 Å². The Bertz CT molecular complexity index is 1100. The van der Waals surface area contributed by atoms with E-state index in [0.29, 0.717) is 37.3 Å². The van der Waals surface area contributed by atoms with E-state index in [1.165, 1.54) is 0 Å². The fraction of sp³-hybridized carbons (Fsp3) is 0.700. The van der Waals surface area contributed by atoms with Crippen molar-refractivity contribution in [3.05, 3.63) is 24.3 Å².